The second-order valence-electron chi connectivity index (χ2n) is 3.60. The van der Waals surface area contributed by atoms with Crippen molar-refractivity contribution in [3.05, 3.63) is 24.4 Å². The van der Waals surface area contributed by atoms with Gasteiger partial charge in [-0.05, 0) is 6.26 Å². The molecule has 0 aliphatic heterocycles. The second kappa shape index (κ2) is 4.61. The van der Waals surface area contributed by atoms with Gasteiger partial charge in [-0.3, -0.25) is 0 Å². The van der Waals surface area contributed by atoms with Crippen molar-refractivity contribution < 1.29 is 0 Å². The van der Waals surface area contributed by atoms with E-state index in [1.165, 1.54) is 11.8 Å². The van der Waals surface area contributed by atoms with E-state index in [2.05, 4.69) is 33.9 Å². The maximum atomic E-state index is 4.36. The molecule has 0 atom stereocenters. The molecule has 0 saturated carbocycles. The minimum atomic E-state index is 0.322. The lowest BCUT2D eigenvalue weighted by Crippen LogP contribution is -2.01. The molecule has 2 heterocycles. The van der Waals surface area contributed by atoms with E-state index < -0.39 is 0 Å². The Hall–Kier alpha value is -1.43. The zero-order valence-corrected chi connectivity index (χ0v) is 10.3. The Labute approximate surface area is 98.3 Å². The quantitative estimate of drug-likeness (QED) is 0.600. The molecule has 6 heteroatoms. The van der Waals surface area contributed by atoms with E-state index in [0.29, 0.717) is 5.92 Å². The fourth-order valence-corrected chi connectivity index (χ4v) is 1.56. The van der Waals surface area contributed by atoms with Gasteiger partial charge in [-0.25, -0.2) is 19.6 Å². The summed E-state index contributed by atoms with van der Waals surface area (Å²) in [6, 6.07) is 1.82. The van der Waals surface area contributed by atoms with Crippen molar-refractivity contribution in [3.8, 4) is 5.82 Å². The SMILES string of the molecule is CSc1nccc(-n2cnc(C(C)C)n2)n1. The number of hydrogen-bond donors (Lipinski definition) is 0. The van der Waals surface area contributed by atoms with Crippen molar-refractivity contribution in [3.63, 3.8) is 0 Å². The van der Waals surface area contributed by atoms with E-state index in [0.717, 1.165) is 16.8 Å². The van der Waals surface area contributed by atoms with E-state index in [1.54, 1.807) is 17.2 Å². The predicted octanol–water partition coefficient (Wildman–Crippen LogP) is 1.90. The number of aromatic nitrogens is 5. The largest absolute Gasteiger partial charge is 0.231 e. The third-order valence-electron chi connectivity index (χ3n) is 2.06. The Morgan fingerprint density at radius 3 is 2.75 bits per heavy atom. The van der Waals surface area contributed by atoms with Gasteiger partial charge in [-0.1, -0.05) is 25.6 Å². The molecule has 0 radical (unpaired) electrons. The van der Waals surface area contributed by atoms with Crippen LogP contribution in [0.25, 0.3) is 5.82 Å². The van der Waals surface area contributed by atoms with E-state index >= 15 is 0 Å². The van der Waals surface area contributed by atoms with Crippen molar-refractivity contribution in [2.75, 3.05) is 6.26 Å². The van der Waals surface area contributed by atoms with Gasteiger partial charge < -0.3 is 0 Å². The van der Waals surface area contributed by atoms with Crippen LogP contribution in [0.3, 0.4) is 0 Å². The molecule has 0 amide bonds. The summed E-state index contributed by atoms with van der Waals surface area (Å²) in [5.74, 6) is 1.89. The third kappa shape index (κ3) is 2.21. The van der Waals surface area contributed by atoms with Crippen LogP contribution >= 0.6 is 11.8 Å². The average molecular weight is 235 g/mol. The fourth-order valence-electron chi connectivity index (χ4n) is 1.21. The summed E-state index contributed by atoms with van der Waals surface area (Å²) in [7, 11) is 0. The van der Waals surface area contributed by atoms with Crippen LogP contribution in [0.2, 0.25) is 0 Å². The van der Waals surface area contributed by atoms with Crippen LogP contribution in [0, 0.1) is 0 Å². The molecule has 0 fully saturated rings. The molecule has 0 aliphatic rings. The van der Waals surface area contributed by atoms with Crippen LogP contribution in [-0.4, -0.2) is 31.0 Å². The van der Waals surface area contributed by atoms with Crippen molar-refractivity contribution in [1.29, 1.82) is 0 Å². The van der Waals surface area contributed by atoms with Crippen LogP contribution in [-0.2, 0) is 0 Å². The van der Waals surface area contributed by atoms with Gasteiger partial charge in [0, 0.05) is 18.2 Å². The molecule has 2 rings (SSSR count). The highest BCUT2D eigenvalue weighted by atomic mass is 32.2. The first kappa shape index (κ1) is 11.1. The summed E-state index contributed by atoms with van der Waals surface area (Å²) < 4.78 is 1.68. The standard InChI is InChI=1S/C10H13N5S/c1-7(2)9-12-6-15(14-9)8-4-5-11-10(13-8)16-3/h4-7H,1-3H3. The number of rotatable bonds is 3. The Balaban J connectivity index is 2.34. The molecule has 84 valence electrons. The summed E-state index contributed by atoms with van der Waals surface area (Å²) in [5.41, 5.74) is 0. The van der Waals surface area contributed by atoms with Gasteiger partial charge in [0.1, 0.15) is 6.33 Å². The number of thioether (sulfide) groups is 1. The second-order valence-corrected chi connectivity index (χ2v) is 4.38. The average Bonchev–Trinajstić information content (AvgIpc) is 2.78. The van der Waals surface area contributed by atoms with Crippen molar-refractivity contribution in [2.24, 2.45) is 0 Å². The van der Waals surface area contributed by atoms with Crippen LogP contribution in [0.15, 0.2) is 23.7 Å². The first-order valence-corrected chi connectivity index (χ1v) is 6.22. The topological polar surface area (TPSA) is 56.5 Å². The third-order valence-corrected chi connectivity index (χ3v) is 2.62. The lowest BCUT2D eigenvalue weighted by Gasteiger charge is -2.00. The summed E-state index contributed by atoms with van der Waals surface area (Å²) >= 11 is 1.51. The van der Waals surface area contributed by atoms with E-state index in [1.807, 2.05) is 12.3 Å². The maximum Gasteiger partial charge on any atom is 0.189 e. The first-order chi connectivity index (χ1) is 7.70. The minimum absolute atomic E-state index is 0.322. The molecular formula is C10H13N5S. The summed E-state index contributed by atoms with van der Waals surface area (Å²) in [5, 5.41) is 5.10. The van der Waals surface area contributed by atoms with Crippen molar-refractivity contribution in [2.45, 2.75) is 24.9 Å². The normalized spacial score (nSPS) is 11.0. The Kier molecular flexibility index (Phi) is 3.19. The van der Waals surface area contributed by atoms with Crippen molar-refractivity contribution in [1.82, 2.24) is 24.7 Å². The predicted molar refractivity (Wildman–Crippen MR) is 62.8 cm³/mol. The van der Waals surface area contributed by atoms with E-state index in [4.69, 9.17) is 0 Å². The van der Waals surface area contributed by atoms with E-state index in [9.17, 15) is 0 Å². The highest BCUT2D eigenvalue weighted by molar-refractivity contribution is 7.98. The molecule has 0 saturated heterocycles. The van der Waals surface area contributed by atoms with Crippen LogP contribution in [0.1, 0.15) is 25.6 Å². The highest BCUT2D eigenvalue weighted by Gasteiger charge is 2.07. The molecule has 0 aromatic carbocycles. The lowest BCUT2D eigenvalue weighted by molar-refractivity contribution is 0.738. The van der Waals surface area contributed by atoms with Gasteiger partial charge in [0.2, 0.25) is 0 Å². The smallest absolute Gasteiger partial charge is 0.189 e. The number of hydrogen-bond acceptors (Lipinski definition) is 5. The lowest BCUT2D eigenvalue weighted by atomic mass is 10.2. The number of nitrogens with zero attached hydrogens (tertiary/aromatic N) is 5. The van der Waals surface area contributed by atoms with Crippen LogP contribution < -0.4 is 0 Å². The molecular weight excluding hydrogens is 222 g/mol. The molecule has 0 N–H and O–H groups in total. The molecule has 16 heavy (non-hydrogen) atoms. The van der Waals surface area contributed by atoms with Gasteiger partial charge in [0.05, 0.1) is 0 Å². The fraction of sp³-hybridized carbons (Fsp3) is 0.400. The molecule has 0 spiro atoms. The molecule has 5 nitrogen and oxygen atoms in total. The van der Waals surface area contributed by atoms with Gasteiger partial charge in [-0.15, -0.1) is 5.10 Å². The first-order valence-electron chi connectivity index (χ1n) is 4.99. The molecule has 0 unspecified atom stereocenters. The molecule has 2 aromatic rings. The highest BCUT2D eigenvalue weighted by Crippen LogP contribution is 2.12. The summed E-state index contributed by atoms with van der Waals surface area (Å²) in [6.07, 6.45) is 5.35. The van der Waals surface area contributed by atoms with Gasteiger partial charge in [-0.2, -0.15) is 0 Å². The zero-order valence-electron chi connectivity index (χ0n) is 9.45. The Bertz CT molecular complexity index is 480. The Morgan fingerprint density at radius 1 is 1.31 bits per heavy atom. The van der Waals surface area contributed by atoms with Gasteiger partial charge in [0.15, 0.2) is 16.8 Å². The van der Waals surface area contributed by atoms with E-state index in [-0.39, 0.29) is 0 Å². The molecule has 0 bridgehead atoms. The van der Waals surface area contributed by atoms with Gasteiger partial charge in [0.25, 0.3) is 0 Å². The Morgan fingerprint density at radius 2 is 2.12 bits per heavy atom. The van der Waals surface area contributed by atoms with Crippen LogP contribution in [0.5, 0.6) is 0 Å². The minimum Gasteiger partial charge on any atom is -0.231 e. The summed E-state index contributed by atoms with van der Waals surface area (Å²) in [6.45, 7) is 4.12. The zero-order chi connectivity index (χ0) is 11.5. The maximum absolute atomic E-state index is 4.36. The summed E-state index contributed by atoms with van der Waals surface area (Å²) in [4.78, 5) is 12.7. The van der Waals surface area contributed by atoms with Gasteiger partial charge >= 0.3 is 0 Å². The van der Waals surface area contributed by atoms with Crippen molar-refractivity contribution >= 4 is 11.8 Å². The van der Waals surface area contributed by atoms with Crippen LogP contribution in [0.4, 0.5) is 0 Å². The molecule has 0 aliphatic carbocycles. The molecule has 2 aromatic heterocycles. The monoisotopic (exact) mass is 235 g/mol.